The van der Waals surface area contributed by atoms with Crippen LogP contribution in [0.25, 0.3) is 0 Å². The summed E-state index contributed by atoms with van der Waals surface area (Å²) in [6.07, 6.45) is 2.73. The molecule has 1 fully saturated rings. The number of benzene rings is 1. The Balaban J connectivity index is 2.31. The fourth-order valence-corrected chi connectivity index (χ4v) is 3.06. The third-order valence-corrected chi connectivity index (χ3v) is 4.27. The van der Waals surface area contributed by atoms with Gasteiger partial charge in [-0.2, -0.15) is 0 Å². The van der Waals surface area contributed by atoms with Crippen LogP contribution in [0.2, 0.25) is 5.02 Å². The lowest BCUT2D eigenvalue weighted by Crippen LogP contribution is -2.05. The molecule has 0 spiro atoms. The molecule has 4 nitrogen and oxygen atoms in total. The van der Waals surface area contributed by atoms with E-state index in [1.54, 1.807) is 21.3 Å². The van der Waals surface area contributed by atoms with Gasteiger partial charge in [0.25, 0.3) is 0 Å². The van der Waals surface area contributed by atoms with Crippen molar-refractivity contribution in [2.75, 3.05) is 21.3 Å². The Morgan fingerprint density at radius 1 is 1.10 bits per heavy atom. The summed E-state index contributed by atoms with van der Waals surface area (Å²) in [5, 5.41) is 0.528. The third kappa shape index (κ3) is 3.22. The zero-order chi connectivity index (χ0) is 15.6. The van der Waals surface area contributed by atoms with Crippen molar-refractivity contribution in [2.24, 2.45) is 0 Å². The fraction of sp³-hybridized carbons (Fsp3) is 0.625. The van der Waals surface area contributed by atoms with Crippen molar-refractivity contribution in [1.29, 1.82) is 0 Å². The Kier molecular flexibility index (Phi) is 5.22. The van der Waals surface area contributed by atoms with Crippen molar-refractivity contribution in [2.45, 2.75) is 44.8 Å². The van der Waals surface area contributed by atoms with Gasteiger partial charge in [0.05, 0.1) is 38.6 Å². The van der Waals surface area contributed by atoms with Crippen LogP contribution in [-0.4, -0.2) is 33.5 Å². The second kappa shape index (κ2) is 6.75. The van der Waals surface area contributed by atoms with E-state index in [-0.39, 0.29) is 5.92 Å². The molecule has 0 amide bonds. The first-order valence-corrected chi connectivity index (χ1v) is 7.58. The summed E-state index contributed by atoms with van der Waals surface area (Å²) in [4.78, 5) is 0. The molecule has 1 aromatic rings. The Bertz CT molecular complexity index is 504. The van der Waals surface area contributed by atoms with E-state index in [4.69, 9.17) is 30.5 Å². The highest BCUT2D eigenvalue weighted by molar-refractivity contribution is 6.32. The Labute approximate surface area is 131 Å². The number of ether oxygens (including phenoxy) is 4. The monoisotopic (exact) mass is 314 g/mol. The Hall–Kier alpha value is -1.13. The molecule has 21 heavy (non-hydrogen) atoms. The van der Waals surface area contributed by atoms with Crippen LogP contribution >= 0.6 is 11.6 Å². The first-order valence-electron chi connectivity index (χ1n) is 7.21. The molecule has 118 valence electrons. The van der Waals surface area contributed by atoms with Gasteiger partial charge in [0.1, 0.15) is 0 Å². The standard InChI is InChI=1S/C16H23ClO4/c1-6-12-13(21-12)7-9(2)10-8-11(17)15(19-4)16(20-5)14(10)18-3/h8-9,12-13H,6-7H2,1-5H3. The van der Waals surface area contributed by atoms with Crippen LogP contribution in [0.4, 0.5) is 0 Å². The Morgan fingerprint density at radius 3 is 2.19 bits per heavy atom. The predicted octanol–water partition coefficient (Wildman–Crippen LogP) is 4.04. The van der Waals surface area contributed by atoms with Crippen LogP contribution in [-0.2, 0) is 4.74 Å². The van der Waals surface area contributed by atoms with Crippen molar-refractivity contribution >= 4 is 11.6 Å². The van der Waals surface area contributed by atoms with Crippen molar-refractivity contribution in [3.63, 3.8) is 0 Å². The lowest BCUT2D eigenvalue weighted by Gasteiger charge is -2.20. The zero-order valence-corrected chi connectivity index (χ0v) is 14.0. The maximum atomic E-state index is 6.30. The van der Waals surface area contributed by atoms with Gasteiger partial charge >= 0.3 is 0 Å². The summed E-state index contributed by atoms with van der Waals surface area (Å²) in [5.74, 6) is 1.98. The van der Waals surface area contributed by atoms with E-state index < -0.39 is 0 Å². The molecule has 1 aliphatic rings. The van der Waals surface area contributed by atoms with Gasteiger partial charge in [-0.1, -0.05) is 25.4 Å². The molecule has 1 saturated heterocycles. The van der Waals surface area contributed by atoms with E-state index in [0.717, 1.165) is 18.4 Å². The second-order valence-corrected chi connectivity index (χ2v) is 5.71. The van der Waals surface area contributed by atoms with Gasteiger partial charge in [-0.3, -0.25) is 0 Å². The summed E-state index contributed by atoms with van der Waals surface area (Å²) >= 11 is 6.30. The number of methoxy groups -OCH3 is 3. The van der Waals surface area contributed by atoms with Gasteiger partial charge in [0.15, 0.2) is 11.5 Å². The summed E-state index contributed by atoms with van der Waals surface area (Å²) in [6.45, 7) is 4.29. The van der Waals surface area contributed by atoms with Crippen molar-refractivity contribution < 1.29 is 18.9 Å². The SMILES string of the molecule is CCC1OC1CC(C)c1cc(Cl)c(OC)c(OC)c1OC. The second-order valence-electron chi connectivity index (χ2n) is 5.31. The topological polar surface area (TPSA) is 40.2 Å². The quantitative estimate of drug-likeness (QED) is 0.712. The van der Waals surface area contributed by atoms with E-state index in [9.17, 15) is 0 Å². The average molecular weight is 315 g/mol. The van der Waals surface area contributed by atoms with E-state index in [1.165, 1.54) is 0 Å². The highest BCUT2D eigenvalue weighted by Crippen LogP contribution is 2.48. The fourth-order valence-electron chi connectivity index (χ4n) is 2.78. The lowest BCUT2D eigenvalue weighted by molar-refractivity contribution is 0.318. The normalized spacial score (nSPS) is 21.8. The molecule has 1 aliphatic heterocycles. The van der Waals surface area contributed by atoms with Gasteiger partial charge in [-0.05, 0) is 24.8 Å². The molecule has 0 saturated carbocycles. The van der Waals surface area contributed by atoms with Gasteiger partial charge in [-0.15, -0.1) is 0 Å². The first-order chi connectivity index (χ1) is 10.1. The van der Waals surface area contributed by atoms with E-state index >= 15 is 0 Å². The Morgan fingerprint density at radius 2 is 1.71 bits per heavy atom. The maximum Gasteiger partial charge on any atom is 0.205 e. The minimum Gasteiger partial charge on any atom is -0.492 e. The summed E-state index contributed by atoms with van der Waals surface area (Å²) in [7, 11) is 4.78. The molecule has 5 heteroatoms. The van der Waals surface area contributed by atoms with Gasteiger partial charge in [0, 0.05) is 5.56 Å². The van der Waals surface area contributed by atoms with Crippen LogP contribution in [0.15, 0.2) is 6.07 Å². The summed E-state index contributed by atoms with van der Waals surface area (Å²) in [6, 6.07) is 1.90. The summed E-state index contributed by atoms with van der Waals surface area (Å²) in [5.41, 5.74) is 1.02. The number of halogens is 1. The number of hydrogen-bond acceptors (Lipinski definition) is 4. The molecule has 0 radical (unpaired) electrons. The zero-order valence-electron chi connectivity index (χ0n) is 13.2. The number of hydrogen-bond donors (Lipinski definition) is 0. The number of epoxide rings is 1. The summed E-state index contributed by atoms with van der Waals surface area (Å²) < 4.78 is 21.9. The largest absolute Gasteiger partial charge is 0.492 e. The molecule has 0 N–H and O–H groups in total. The van der Waals surface area contributed by atoms with Gasteiger partial charge < -0.3 is 18.9 Å². The van der Waals surface area contributed by atoms with E-state index in [1.807, 2.05) is 6.07 Å². The van der Waals surface area contributed by atoms with Crippen LogP contribution in [0.5, 0.6) is 17.2 Å². The maximum absolute atomic E-state index is 6.30. The van der Waals surface area contributed by atoms with Crippen molar-refractivity contribution in [1.82, 2.24) is 0 Å². The minimum absolute atomic E-state index is 0.263. The van der Waals surface area contributed by atoms with Crippen LogP contribution in [0.3, 0.4) is 0 Å². The number of rotatable bonds is 7. The van der Waals surface area contributed by atoms with E-state index in [2.05, 4.69) is 13.8 Å². The van der Waals surface area contributed by atoms with Crippen LogP contribution in [0, 0.1) is 0 Å². The molecule has 3 unspecified atom stereocenters. The first kappa shape index (κ1) is 16.2. The molecular weight excluding hydrogens is 292 g/mol. The lowest BCUT2D eigenvalue weighted by atomic mass is 9.93. The smallest absolute Gasteiger partial charge is 0.205 e. The highest BCUT2D eigenvalue weighted by Gasteiger charge is 2.38. The molecule has 3 atom stereocenters. The van der Waals surface area contributed by atoms with Gasteiger partial charge in [-0.25, -0.2) is 0 Å². The predicted molar refractivity (Wildman–Crippen MR) is 83.1 cm³/mol. The minimum atomic E-state index is 0.263. The third-order valence-electron chi connectivity index (χ3n) is 3.99. The van der Waals surface area contributed by atoms with Crippen molar-refractivity contribution in [3.8, 4) is 17.2 Å². The molecule has 1 heterocycles. The molecular formula is C16H23ClO4. The molecule has 2 rings (SSSR count). The molecule has 0 aromatic heterocycles. The van der Waals surface area contributed by atoms with Crippen LogP contribution in [0.1, 0.15) is 38.2 Å². The van der Waals surface area contributed by atoms with E-state index in [0.29, 0.717) is 34.5 Å². The average Bonchev–Trinajstić information content (AvgIpc) is 3.23. The van der Waals surface area contributed by atoms with Crippen molar-refractivity contribution in [3.05, 3.63) is 16.7 Å². The molecule has 0 bridgehead atoms. The van der Waals surface area contributed by atoms with Gasteiger partial charge in [0.2, 0.25) is 5.75 Å². The van der Waals surface area contributed by atoms with Crippen LogP contribution < -0.4 is 14.2 Å². The molecule has 0 aliphatic carbocycles. The highest BCUT2D eigenvalue weighted by atomic mass is 35.5. The molecule has 1 aromatic carbocycles.